The Balaban J connectivity index is 1.17. The summed E-state index contributed by atoms with van der Waals surface area (Å²) in [7, 11) is 2.02. The quantitative estimate of drug-likeness (QED) is 0.119. The molecule has 9 rings (SSSR count). The monoisotopic (exact) mass is 595 g/mol. The molecule has 0 aliphatic carbocycles. The van der Waals surface area contributed by atoms with Gasteiger partial charge in [-0.2, -0.15) is 0 Å². The van der Waals surface area contributed by atoms with E-state index in [1.165, 1.54) is 27.8 Å². The van der Waals surface area contributed by atoms with Gasteiger partial charge in [-0.1, -0.05) is 78.9 Å². The van der Waals surface area contributed by atoms with Gasteiger partial charge in [0.25, 0.3) is 0 Å². The highest BCUT2D eigenvalue weighted by molar-refractivity contribution is 6.86. The summed E-state index contributed by atoms with van der Waals surface area (Å²) in [5.74, 6) is 2.47. The number of aromatic nitrogens is 3. The standard InChI is InChI=1S/C39H30BN5O/c1-26-11-8-12-27(2)38(26)44-36-19-10-22-41-39(36)45-37-24-30(20-21-32(37)31-15-4-5-16-33(31)40(44)45)46-29-14-9-13-28(23-29)43-25-42(3)34-17-6-7-18-35(34)43/h4-24H,1-3H3. The van der Waals surface area contributed by atoms with E-state index in [0.717, 1.165) is 51.0 Å². The van der Waals surface area contributed by atoms with Crippen molar-refractivity contribution in [1.82, 2.24) is 9.55 Å². The number of aryl methyl sites for hydroxylation is 3. The lowest BCUT2D eigenvalue weighted by Gasteiger charge is -2.37. The highest BCUT2D eigenvalue weighted by Gasteiger charge is 2.49. The van der Waals surface area contributed by atoms with Gasteiger partial charge in [-0.25, -0.2) is 4.98 Å². The fourth-order valence-corrected chi connectivity index (χ4v) is 7.26. The van der Waals surface area contributed by atoms with Crippen LogP contribution in [0.15, 0.2) is 128 Å². The molecule has 2 aromatic heterocycles. The van der Waals surface area contributed by atoms with Crippen molar-refractivity contribution < 1.29 is 9.30 Å². The first-order valence-corrected chi connectivity index (χ1v) is 15.6. The maximum atomic E-state index is 6.60. The first-order chi connectivity index (χ1) is 22.6. The third-order valence-corrected chi connectivity index (χ3v) is 9.23. The van der Waals surface area contributed by atoms with Crippen molar-refractivity contribution in [2.45, 2.75) is 13.8 Å². The summed E-state index contributed by atoms with van der Waals surface area (Å²) in [4.78, 5) is 9.81. The number of imidazole rings is 1. The second kappa shape index (κ2) is 10.1. The van der Waals surface area contributed by atoms with E-state index < -0.39 is 0 Å². The fraction of sp³-hybridized carbons (Fsp3) is 0.0769. The van der Waals surface area contributed by atoms with Gasteiger partial charge >= 0.3 is 6.98 Å². The molecule has 0 atom stereocenters. The van der Waals surface area contributed by atoms with Crippen molar-refractivity contribution in [3.63, 3.8) is 0 Å². The minimum absolute atomic E-state index is 0.0923. The molecule has 0 saturated heterocycles. The van der Waals surface area contributed by atoms with E-state index in [1.807, 2.05) is 36.0 Å². The summed E-state index contributed by atoms with van der Waals surface area (Å²) in [5, 5.41) is 0. The maximum absolute atomic E-state index is 6.60. The Kier molecular flexibility index (Phi) is 5.84. The minimum Gasteiger partial charge on any atom is -0.458 e. The molecule has 6 nitrogen and oxygen atoms in total. The number of hydrogen-bond acceptors (Lipinski definition) is 4. The lowest BCUT2D eigenvalue weighted by Crippen LogP contribution is -2.56. The highest BCUT2D eigenvalue weighted by atomic mass is 16.5. The second-order valence-corrected chi connectivity index (χ2v) is 12.0. The molecular formula is C39H30BN5O. The third-order valence-electron chi connectivity index (χ3n) is 9.23. The van der Waals surface area contributed by atoms with Crippen LogP contribution >= 0.6 is 0 Å². The van der Waals surface area contributed by atoms with Crippen LogP contribution in [0.4, 0.5) is 22.9 Å². The van der Waals surface area contributed by atoms with Crippen molar-refractivity contribution in [2.75, 3.05) is 9.62 Å². The molecule has 0 bridgehead atoms. The Labute approximate surface area is 268 Å². The molecule has 5 aromatic carbocycles. The molecule has 0 radical (unpaired) electrons. The number of nitrogens with zero attached hydrogens (tertiary/aromatic N) is 5. The van der Waals surface area contributed by atoms with Crippen LogP contribution in [-0.2, 0) is 7.05 Å². The molecule has 0 saturated carbocycles. The summed E-state index contributed by atoms with van der Waals surface area (Å²) in [5.41, 5.74) is 12.7. The summed E-state index contributed by atoms with van der Waals surface area (Å²) in [6, 6.07) is 42.4. The molecule has 46 heavy (non-hydrogen) atoms. The third kappa shape index (κ3) is 3.91. The SMILES string of the molecule is Cc1cccc(C)c1N1B2c3ccccc3-c3ccc(Oc4cccc(-n5[c-][n+](C)c6ccccc65)c4)cc3N2c2ncccc21. The first kappa shape index (κ1) is 26.6. The topological polar surface area (TPSA) is 37.4 Å². The van der Waals surface area contributed by atoms with Gasteiger partial charge in [0.15, 0.2) is 0 Å². The van der Waals surface area contributed by atoms with Crippen molar-refractivity contribution in [2.24, 2.45) is 7.05 Å². The van der Waals surface area contributed by atoms with Crippen molar-refractivity contribution in [1.29, 1.82) is 0 Å². The van der Waals surface area contributed by atoms with Crippen LogP contribution in [0.25, 0.3) is 27.8 Å². The molecule has 0 N–H and O–H groups in total. The zero-order valence-electron chi connectivity index (χ0n) is 25.8. The molecule has 2 aliphatic heterocycles. The summed E-state index contributed by atoms with van der Waals surface area (Å²) in [6.45, 7) is 4.29. The average Bonchev–Trinajstić information content (AvgIpc) is 3.60. The van der Waals surface area contributed by atoms with Crippen molar-refractivity contribution >= 4 is 46.4 Å². The zero-order chi connectivity index (χ0) is 30.9. The van der Waals surface area contributed by atoms with Crippen LogP contribution in [0.5, 0.6) is 11.5 Å². The lowest BCUT2D eigenvalue weighted by molar-refractivity contribution is -0.649. The van der Waals surface area contributed by atoms with Gasteiger partial charge < -0.3 is 23.5 Å². The number of para-hydroxylation sites is 3. The number of pyridine rings is 1. The molecule has 4 heterocycles. The lowest BCUT2D eigenvalue weighted by atomic mass is 9.59. The first-order valence-electron chi connectivity index (χ1n) is 15.6. The largest absolute Gasteiger partial charge is 0.458 e. The molecule has 7 aromatic rings. The molecule has 7 heteroatoms. The fourth-order valence-electron chi connectivity index (χ4n) is 7.26. The average molecular weight is 596 g/mol. The predicted octanol–water partition coefficient (Wildman–Crippen LogP) is 7.72. The molecule has 220 valence electrons. The van der Waals surface area contributed by atoms with Crippen molar-refractivity contribution in [3.8, 4) is 28.3 Å². The van der Waals surface area contributed by atoms with E-state index in [-0.39, 0.29) is 6.98 Å². The predicted molar refractivity (Wildman–Crippen MR) is 185 cm³/mol. The Morgan fingerprint density at radius 2 is 1.48 bits per heavy atom. The van der Waals surface area contributed by atoms with Crippen molar-refractivity contribution in [3.05, 3.63) is 145 Å². The summed E-state index contributed by atoms with van der Waals surface area (Å²) in [6.07, 6.45) is 5.32. The molecular weight excluding hydrogens is 565 g/mol. The van der Waals surface area contributed by atoms with Crippen LogP contribution in [0.2, 0.25) is 0 Å². The number of ether oxygens (including phenoxy) is 1. The Bertz CT molecular complexity index is 2310. The molecule has 0 amide bonds. The van der Waals surface area contributed by atoms with Crippen LogP contribution in [0, 0.1) is 20.2 Å². The van der Waals surface area contributed by atoms with Gasteiger partial charge in [-0.05, 0) is 72.4 Å². The summed E-state index contributed by atoms with van der Waals surface area (Å²) >= 11 is 0. The maximum Gasteiger partial charge on any atom is 0.422 e. The van der Waals surface area contributed by atoms with Gasteiger partial charge in [0.05, 0.1) is 29.5 Å². The van der Waals surface area contributed by atoms with E-state index in [4.69, 9.17) is 9.72 Å². The zero-order valence-corrected chi connectivity index (χ0v) is 25.8. The number of benzene rings is 5. The molecule has 2 aliphatic rings. The summed E-state index contributed by atoms with van der Waals surface area (Å²) < 4.78 is 10.7. The molecule has 0 unspecified atom stereocenters. The second-order valence-electron chi connectivity index (χ2n) is 12.0. The van der Waals surface area contributed by atoms with E-state index in [0.29, 0.717) is 0 Å². The van der Waals surface area contributed by atoms with Gasteiger partial charge in [-0.15, -0.1) is 0 Å². The van der Waals surface area contributed by atoms with E-state index in [1.54, 1.807) is 0 Å². The van der Waals surface area contributed by atoms with Gasteiger partial charge in [0.2, 0.25) is 6.33 Å². The van der Waals surface area contributed by atoms with Gasteiger partial charge in [0, 0.05) is 29.2 Å². The van der Waals surface area contributed by atoms with Gasteiger partial charge in [0.1, 0.15) is 17.3 Å². The number of hydrogen-bond donors (Lipinski definition) is 0. The van der Waals surface area contributed by atoms with E-state index in [9.17, 15) is 0 Å². The number of anilines is 4. The van der Waals surface area contributed by atoms with Crippen LogP contribution in [-0.4, -0.2) is 16.5 Å². The van der Waals surface area contributed by atoms with E-state index >= 15 is 0 Å². The van der Waals surface area contributed by atoms with Gasteiger partial charge in [-0.3, -0.25) is 0 Å². The Morgan fingerprint density at radius 3 is 2.37 bits per heavy atom. The van der Waals surface area contributed by atoms with Crippen LogP contribution in [0.1, 0.15) is 11.1 Å². The van der Waals surface area contributed by atoms with E-state index in [2.05, 4.69) is 137 Å². The van der Waals surface area contributed by atoms with Crippen LogP contribution < -0.4 is 24.4 Å². The Morgan fingerprint density at radius 1 is 0.696 bits per heavy atom. The van der Waals surface area contributed by atoms with Crippen LogP contribution in [0.3, 0.4) is 0 Å². The minimum atomic E-state index is -0.0923. The number of rotatable bonds is 4. The molecule has 0 fully saturated rings. The smallest absolute Gasteiger partial charge is 0.422 e. The highest BCUT2D eigenvalue weighted by Crippen LogP contribution is 2.51. The normalized spacial score (nSPS) is 13.0. The Hall–Kier alpha value is -5.82. The number of fused-ring (bicyclic) bond motifs is 9. The molecule has 0 spiro atoms.